The third kappa shape index (κ3) is 11.1. The lowest BCUT2D eigenvalue weighted by molar-refractivity contribution is -0.193. The molecule has 47 heavy (non-hydrogen) atoms. The molecule has 0 spiro atoms. The van der Waals surface area contributed by atoms with Gasteiger partial charge in [0.1, 0.15) is 23.5 Å². The van der Waals surface area contributed by atoms with Crippen molar-refractivity contribution in [3.8, 4) is 17.0 Å². The number of aromatic amines is 1. The number of H-pyrrole nitrogens is 1. The van der Waals surface area contributed by atoms with Gasteiger partial charge >= 0.3 is 24.3 Å². The highest BCUT2D eigenvalue weighted by molar-refractivity contribution is 5.99. The lowest BCUT2D eigenvalue weighted by Gasteiger charge is -2.19. The fourth-order valence-electron chi connectivity index (χ4n) is 3.59. The van der Waals surface area contributed by atoms with Crippen LogP contribution in [0.25, 0.3) is 11.3 Å². The number of halogens is 6. The Hall–Kier alpha value is -6.07. The molecule has 0 saturated heterocycles. The van der Waals surface area contributed by atoms with E-state index in [2.05, 4.69) is 10.3 Å². The Morgan fingerprint density at radius 2 is 1.45 bits per heavy atom. The molecular formula is C29H26F6N6O6. The Bertz CT molecular complexity index is 1680. The van der Waals surface area contributed by atoms with E-state index in [4.69, 9.17) is 46.4 Å². The van der Waals surface area contributed by atoms with E-state index in [0.29, 0.717) is 28.2 Å². The standard InChI is InChI=1S/C25H24N6O2.2C2HF3O2/c1-33-18-6-4-5-16(13-18)22(30-17-11-9-15(10-12-17)23(26)27)25-29-14-21(31-25)19-7-2-3-8-20(19)24(28)32;2*3-2(4,5)1(6)7/h2-14,22,30H,1H3,(H3,26,27)(H2,28,32)(H,29,31);2*(H,6,7). The maximum atomic E-state index is 11.9. The quantitative estimate of drug-likeness (QED) is 0.0768. The van der Waals surface area contributed by atoms with Crippen LogP contribution in [-0.2, 0) is 9.59 Å². The largest absolute Gasteiger partial charge is 0.497 e. The van der Waals surface area contributed by atoms with Crippen molar-refractivity contribution >= 4 is 29.4 Å². The minimum atomic E-state index is -5.08. The molecule has 0 bridgehead atoms. The van der Waals surface area contributed by atoms with Crippen LogP contribution in [0, 0.1) is 5.41 Å². The lowest BCUT2D eigenvalue weighted by Crippen LogP contribution is -2.21. The number of nitrogens with zero attached hydrogens (tertiary/aromatic N) is 1. The summed E-state index contributed by atoms with van der Waals surface area (Å²) in [6.45, 7) is 0. The van der Waals surface area contributed by atoms with E-state index < -0.39 is 30.2 Å². The third-order valence-corrected chi connectivity index (χ3v) is 5.76. The number of carbonyl (C=O) groups is 3. The first-order chi connectivity index (χ1) is 21.8. The number of rotatable bonds is 8. The summed E-state index contributed by atoms with van der Waals surface area (Å²) in [5, 5.41) is 25.3. The molecule has 4 aromatic rings. The van der Waals surface area contributed by atoms with Crippen molar-refractivity contribution in [3.05, 3.63) is 102 Å². The molecule has 1 atom stereocenters. The van der Waals surface area contributed by atoms with Gasteiger partial charge in [0, 0.05) is 28.6 Å². The molecule has 9 N–H and O–H groups in total. The number of primary amides is 1. The van der Waals surface area contributed by atoms with Gasteiger partial charge in [-0.25, -0.2) is 14.6 Å². The number of nitrogens with one attached hydrogen (secondary N) is 3. The summed E-state index contributed by atoms with van der Waals surface area (Å²) in [4.78, 5) is 37.7. The molecule has 250 valence electrons. The number of nitrogen functional groups attached to an aromatic ring is 1. The van der Waals surface area contributed by atoms with E-state index in [1.165, 1.54) is 0 Å². The maximum Gasteiger partial charge on any atom is 0.490 e. The fourth-order valence-corrected chi connectivity index (χ4v) is 3.59. The number of anilines is 1. The number of benzene rings is 3. The number of carbonyl (C=O) groups excluding carboxylic acids is 1. The van der Waals surface area contributed by atoms with Crippen LogP contribution in [-0.4, -0.2) is 63.3 Å². The molecule has 1 aromatic heterocycles. The van der Waals surface area contributed by atoms with Crippen molar-refractivity contribution in [2.24, 2.45) is 11.5 Å². The fraction of sp³-hybridized carbons (Fsp3) is 0.138. The third-order valence-electron chi connectivity index (χ3n) is 5.76. The molecule has 1 heterocycles. The molecule has 18 heteroatoms. The SMILES string of the molecule is COc1cccc(C(Nc2ccc(C(=N)N)cc2)c2nc(-c3ccccc3C(N)=O)c[nH]2)c1.O=C(O)C(F)(F)F.O=C(O)C(F)(F)F. The first-order valence-corrected chi connectivity index (χ1v) is 12.7. The molecule has 0 aliphatic heterocycles. The molecule has 1 amide bonds. The average Bonchev–Trinajstić information content (AvgIpc) is 3.49. The van der Waals surface area contributed by atoms with Gasteiger partial charge in [-0.05, 0) is 48.0 Å². The number of amidine groups is 1. The van der Waals surface area contributed by atoms with Gasteiger partial charge in [-0.1, -0.05) is 30.3 Å². The molecule has 4 rings (SSSR count). The first kappa shape index (κ1) is 37.1. The van der Waals surface area contributed by atoms with Crippen molar-refractivity contribution in [3.63, 3.8) is 0 Å². The number of carboxylic acids is 2. The zero-order valence-corrected chi connectivity index (χ0v) is 24.0. The second kappa shape index (κ2) is 15.8. The Morgan fingerprint density at radius 3 is 1.94 bits per heavy atom. The van der Waals surface area contributed by atoms with Gasteiger partial charge in [-0.2, -0.15) is 26.3 Å². The summed E-state index contributed by atoms with van der Waals surface area (Å²) < 4.78 is 68.9. The number of nitrogens with two attached hydrogens (primary N) is 2. The zero-order chi connectivity index (χ0) is 35.5. The predicted molar refractivity (Wildman–Crippen MR) is 156 cm³/mol. The van der Waals surface area contributed by atoms with Gasteiger partial charge in [-0.15, -0.1) is 0 Å². The molecule has 3 aromatic carbocycles. The van der Waals surface area contributed by atoms with Crippen LogP contribution in [0.5, 0.6) is 5.75 Å². The summed E-state index contributed by atoms with van der Waals surface area (Å²) in [5.41, 5.74) is 15.2. The van der Waals surface area contributed by atoms with E-state index in [1.54, 1.807) is 37.6 Å². The normalized spacial score (nSPS) is 11.5. The minimum absolute atomic E-state index is 0.00897. The van der Waals surface area contributed by atoms with Gasteiger partial charge in [0.05, 0.1) is 12.8 Å². The summed E-state index contributed by atoms with van der Waals surface area (Å²) in [6.07, 6.45) is -8.41. The zero-order valence-electron chi connectivity index (χ0n) is 24.0. The van der Waals surface area contributed by atoms with Crippen LogP contribution < -0.4 is 21.5 Å². The van der Waals surface area contributed by atoms with Crippen LogP contribution in [0.15, 0.2) is 79.0 Å². The lowest BCUT2D eigenvalue weighted by atomic mass is 10.0. The predicted octanol–water partition coefficient (Wildman–Crippen LogP) is 4.94. The smallest absolute Gasteiger partial charge is 0.490 e. The van der Waals surface area contributed by atoms with E-state index >= 15 is 0 Å². The van der Waals surface area contributed by atoms with Gasteiger partial charge in [0.25, 0.3) is 0 Å². The van der Waals surface area contributed by atoms with Gasteiger partial charge < -0.3 is 36.7 Å². The van der Waals surface area contributed by atoms with E-state index in [1.807, 2.05) is 48.5 Å². The summed E-state index contributed by atoms with van der Waals surface area (Å²) >= 11 is 0. The van der Waals surface area contributed by atoms with Crippen LogP contribution >= 0.6 is 0 Å². The van der Waals surface area contributed by atoms with Crippen molar-refractivity contribution in [2.45, 2.75) is 18.4 Å². The van der Waals surface area contributed by atoms with Crippen LogP contribution in [0.1, 0.15) is 33.4 Å². The highest BCUT2D eigenvalue weighted by Crippen LogP contribution is 2.30. The summed E-state index contributed by atoms with van der Waals surface area (Å²) in [6, 6.07) is 21.7. The van der Waals surface area contributed by atoms with Crippen molar-refractivity contribution in [1.82, 2.24) is 9.97 Å². The average molecular weight is 669 g/mol. The Morgan fingerprint density at radius 1 is 0.894 bits per heavy atom. The number of methoxy groups -OCH3 is 1. The number of ether oxygens (including phenoxy) is 1. The number of amides is 1. The topological polar surface area (TPSA) is 217 Å². The van der Waals surface area contributed by atoms with Crippen molar-refractivity contribution in [2.75, 3.05) is 12.4 Å². The molecule has 0 fully saturated rings. The molecule has 12 nitrogen and oxygen atoms in total. The highest BCUT2D eigenvalue weighted by Gasteiger charge is 2.38. The first-order valence-electron chi connectivity index (χ1n) is 12.7. The molecule has 0 saturated carbocycles. The Labute approximate surface area is 261 Å². The molecular weight excluding hydrogens is 642 g/mol. The maximum absolute atomic E-state index is 11.9. The van der Waals surface area contributed by atoms with Gasteiger partial charge in [0.2, 0.25) is 5.91 Å². The van der Waals surface area contributed by atoms with Crippen molar-refractivity contribution in [1.29, 1.82) is 5.41 Å². The van der Waals surface area contributed by atoms with Crippen molar-refractivity contribution < 1.29 is 55.7 Å². The summed E-state index contributed by atoms with van der Waals surface area (Å²) in [7, 11) is 1.62. The molecule has 0 aliphatic rings. The van der Waals surface area contributed by atoms with Crippen LogP contribution in [0.3, 0.4) is 0 Å². The molecule has 0 radical (unpaired) electrons. The number of alkyl halides is 6. The summed E-state index contributed by atoms with van der Waals surface area (Å²) in [5.74, 6) is -4.65. The van der Waals surface area contributed by atoms with Crippen LogP contribution in [0.4, 0.5) is 32.0 Å². The van der Waals surface area contributed by atoms with Gasteiger partial charge in [0.15, 0.2) is 0 Å². The molecule has 0 aliphatic carbocycles. The molecule has 1 unspecified atom stereocenters. The number of hydrogen-bond donors (Lipinski definition) is 7. The van der Waals surface area contributed by atoms with Gasteiger partial charge in [-0.3, -0.25) is 10.2 Å². The van der Waals surface area contributed by atoms with E-state index in [0.717, 1.165) is 17.0 Å². The number of hydrogen-bond acceptors (Lipinski definition) is 7. The highest BCUT2D eigenvalue weighted by atomic mass is 19.4. The second-order valence-corrected chi connectivity index (χ2v) is 9.03. The number of carboxylic acid groups (broad SMARTS) is 2. The van der Waals surface area contributed by atoms with E-state index in [9.17, 15) is 31.1 Å². The monoisotopic (exact) mass is 668 g/mol. The Balaban J connectivity index is 0.000000459. The Kier molecular flexibility index (Phi) is 12.5. The second-order valence-electron chi connectivity index (χ2n) is 9.03. The number of aromatic nitrogens is 2. The van der Waals surface area contributed by atoms with E-state index in [-0.39, 0.29) is 11.9 Å². The number of imidazole rings is 1. The van der Waals surface area contributed by atoms with Crippen LogP contribution in [0.2, 0.25) is 0 Å². The minimum Gasteiger partial charge on any atom is -0.497 e. The number of aliphatic carboxylic acids is 2.